The molecule has 0 spiro atoms. The fourth-order valence-electron chi connectivity index (χ4n) is 2.02. The van der Waals surface area contributed by atoms with E-state index in [1.54, 1.807) is 0 Å². The number of imidazole rings is 1. The quantitative estimate of drug-likeness (QED) is 0.761. The number of aromatic nitrogens is 2. The molecule has 4 nitrogen and oxygen atoms in total. The molecule has 17 heavy (non-hydrogen) atoms. The Bertz CT molecular complexity index is 337. The lowest BCUT2D eigenvalue weighted by Crippen LogP contribution is -2.35. The zero-order valence-corrected chi connectivity index (χ0v) is 11.7. The first kappa shape index (κ1) is 14.2. The molecule has 1 aromatic heterocycles. The largest absolute Gasteiger partial charge is 0.335 e. The van der Waals surface area contributed by atoms with E-state index in [0.717, 1.165) is 25.2 Å². The predicted octanol–water partition coefficient (Wildman–Crippen LogP) is 1.95. The monoisotopic (exact) mass is 238 g/mol. The second-order valence-electron chi connectivity index (χ2n) is 4.71. The van der Waals surface area contributed by atoms with Gasteiger partial charge in [-0.25, -0.2) is 9.99 Å². The molecule has 98 valence electrons. The van der Waals surface area contributed by atoms with Crippen molar-refractivity contribution in [3.05, 3.63) is 17.2 Å². The molecule has 0 unspecified atom stereocenters. The van der Waals surface area contributed by atoms with Crippen LogP contribution in [0, 0.1) is 13.8 Å². The third-order valence-corrected chi connectivity index (χ3v) is 3.42. The summed E-state index contributed by atoms with van der Waals surface area (Å²) in [6, 6.07) is 0. The van der Waals surface area contributed by atoms with Crippen molar-refractivity contribution in [2.24, 2.45) is 12.9 Å². The van der Waals surface area contributed by atoms with Crippen LogP contribution in [0.2, 0.25) is 0 Å². The first-order valence-corrected chi connectivity index (χ1v) is 6.54. The highest BCUT2D eigenvalue weighted by Crippen LogP contribution is 2.07. The van der Waals surface area contributed by atoms with Gasteiger partial charge in [0.1, 0.15) is 5.82 Å². The Morgan fingerprint density at radius 3 is 2.00 bits per heavy atom. The Morgan fingerprint density at radius 2 is 1.76 bits per heavy atom. The third-order valence-electron chi connectivity index (χ3n) is 3.42. The molecule has 0 atom stereocenters. The first-order chi connectivity index (χ1) is 8.06. The van der Waals surface area contributed by atoms with Crippen LogP contribution in [0.4, 0.5) is 0 Å². The van der Waals surface area contributed by atoms with Crippen LogP contribution in [0.25, 0.3) is 0 Å². The molecule has 0 aromatic carbocycles. The number of aryl methyl sites for hydroxylation is 2. The summed E-state index contributed by atoms with van der Waals surface area (Å²) in [5.41, 5.74) is 2.43. The van der Waals surface area contributed by atoms with Crippen LogP contribution in [-0.4, -0.2) is 27.6 Å². The van der Waals surface area contributed by atoms with Gasteiger partial charge in [0, 0.05) is 32.3 Å². The van der Waals surface area contributed by atoms with E-state index in [0.29, 0.717) is 0 Å². The highest BCUT2D eigenvalue weighted by Gasteiger charge is 2.04. The van der Waals surface area contributed by atoms with Crippen molar-refractivity contribution < 1.29 is 0 Å². The molecule has 0 radical (unpaired) electrons. The van der Waals surface area contributed by atoms with Gasteiger partial charge in [-0.05, 0) is 26.7 Å². The molecule has 4 heteroatoms. The summed E-state index contributed by atoms with van der Waals surface area (Å²) in [6.45, 7) is 8.47. The highest BCUT2D eigenvalue weighted by atomic mass is 15.4. The van der Waals surface area contributed by atoms with Gasteiger partial charge < -0.3 is 4.57 Å². The number of hydrogen-bond donors (Lipinski definition) is 1. The van der Waals surface area contributed by atoms with E-state index in [-0.39, 0.29) is 0 Å². The second-order valence-corrected chi connectivity index (χ2v) is 4.71. The molecule has 1 fully saturated rings. The van der Waals surface area contributed by atoms with Gasteiger partial charge in [0.05, 0.1) is 5.69 Å². The van der Waals surface area contributed by atoms with Gasteiger partial charge in [-0.15, -0.1) is 0 Å². The fraction of sp³-hybridized carbons (Fsp3) is 0.769. The maximum atomic E-state index is 5.47. The molecule has 0 bridgehead atoms. The zero-order valence-electron chi connectivity index (χ0n) is 11.7. The molecule has 0 saturated carbocycles. The van der Waals surface area contributed by atoms with Crippen LogP contribution in [0.3, 0.4) is 0 Å². The predicted molar refractivity (Wildman–Crippen MR) is 71.7 cm³/mol. The van der Waals surface area contributed by atoms with Crippen molar-refractivity contribution in [2.45, 2.75) is 46.5 Å². The summed E-state index contributed by atoms with van der Waals surface area (Å²) in [4.78, 5) is 4.39. The molecule has 1 aromatic rings. The van der Waals surface area contributed by atoms with Gasteiger partial charge in [0.25, 0.3) is 0 Å². The average Bonchev–Trinajstić information content (AvgIpc) is 2.58. The topological polar surface area (TPSA) is 47.1 Å². The van der Waals surface area contributed by atoms with Crippen molar-refractivity contribution in [3.8, 4) is 0 Å². The molecule has 2 N–H and O–H groups in total. The van der Waals surface area contributed by atoms with Crippen LogP contribution in [0.5, 0.6) is 0 Å². The molecule has 0 amide bonds. The van der Waals surface area contributed by atoms with E-state index in [1.165, 1.54) is 30.8 Å². The minimum atomic E-state index is 1.02. The fourth-order valence-corrected chi connectivity index (χ4v) is 2.02. The van der Waals surface area contributed by atoms with Gasteiger partial charge in [-0.1, -0.05) is 13.3 Å². The van der Waals surface area contributed by atoms with Crippen LogP contribution < -0.4 is 5.84 Å². The number of nitrogens with zero attached hydrogens (tertiary/aromatic N) is 3. The molecular formula is C13H26N4. The van der Waals surface area contributed by atoms with Crippen LogP contribution in [0.15, 0.2) is 0 Å². The molecule has 1 saturated heterocycles. The summed E-state index contributed by atoms with van der Waals surface area (Å²) in [5, 5.41) is 1.89. The Kier molecular flexibility index (Phi) is 5.65. The van der Waals surface area contributed by atoms with Gasteiger partial charge >= 0.3 is 0 Å². The second kappa shape index (κ2) is 6.77. The molecule has 0 aliphatic carbocycles. The standard InChI is InChI=1S/C8H14N2.C5H12N2/c1-5-8-9-6(2)7(3)10(8)4;6-7-4-2-1-3-5-7/h5H2,1-4H3;1-6H2. The molecular weight excluding hydrogens is 212 g/mol. The summed E-state index contributed by atoms with van der Waals surface area (Å²) < 4.78 is 2.15. The SMILES string of the molecule is CCc1nc(C)c(C)n1C.NN1CCCCC1. The van der Waals surface area contributed by atoms with Crippen LogP contribution >= 0.6 is 0 Å². The van der Waals surface area contributed by atoms with E-state index in [4.69, 9.17) is 5.84 Å². The number of rotatable bonds is 1. The maximum absolute atomic E-state index is 5.47. The Labute approximate surface area is 105 Å². The number of piperidine rings is 1. The van der Waals surface area contributed by atoms with Crippen molar-refractivity contribution >= 4 is 0 Å². The Morgan fingerprint density at radius 1 is 1.18 bits per heavy atom. The lowest BCUT2D eigenvalue weighted by atomic mass is 10.2. The van der Waals surface area contributed by atoms with E-state index in [9.17, 15) is 0 Å². The third kappa shape index (κ3) is 4.13. The number of nitrogens with two attached hydrogens (primary N) is 1. The van der Waals surface area contributed by atoms with Crippen molar-refractivity contribution in [2.75, 3.05) is 13.1 Å². The minimum Gasteiger partial charge on any atom is -0.335 e. The Hall–Kier alpha value is -0.870. The van der Waals surface area contributed by atoms with Crippen molar-refractivity contribution in [3.63, 3.8) is 0 Å². The van der Waals surface area contributed by atoms with E-state index in [1.807, 2.05) is 5.01 Å². The van der Waals surface area contributed by atoms with E-state index < -0.39 is 0 Å². The zero-order chi connectivity index (χ0) is 12.8. The first-order valence-electron chi connectivity index (χ1n) is 6.54. The lowest BCUT2D eigenvalue weighted by molar-refractivity contribution is 0.235. The van der Waals surface area contributed by atoms with Crippen molar-refractivity contribution in [1.29, 1.82) is 0 Å². The smallest absolute Gasteiger partial charge is 0.108 e. The summed E-state index contributed by atoms with van der Waals surface area (Å²) in [5.74, 6) is 6.64. The minimum absolute atomic E-state index is 1.02. The maximum Gasteiger partial charge on any atom is 0.108 e. The van der Waals surface area contributed by atoms with Crippen LogP contribution in [-0.2, 0) is 13.5 Å². The molecule has 2 rings (SSSR count). The summed E-state index contributed by atoms with van der Waals surface area (Å²) >= 11 is 0. The Balaban J connectivity index is 0.000000181. The number of hydrazine groups is 1. The lowest BCUT2D eigenvalue weighted by Gasteiger charge is -2.20. The highest BCUT2D eigenvalue weighted by molar-refractivity contribution is 5.13. The van der Waals surface area contributed by atoms with Gasteiger partial charge in [-0.3, -0.25) is 5.84 Å². The summed E-state index contributed by atoms with van der Waals surface area (Å²) in [6.07, 6.45) is 4.96. The van der Waals surface area contributed by atoms with E-state index in [2.05, 4.69) is 37.4 Å². The van der Waals surface area contributed by atoms with Gasteiger partial charge in [0.15, 0.2) is 0 Å². The van der Waals surface area contributed by atoms with Gasteiger partial charge in [-0.2, -0.15) is 0 Å². The number of hydrogen-bond acceptors (Lipinski definition) is 3. The average molecular weight is 238 g/mol. The van der Waals surface area contributed by atoms with Gasteiger partial charge in [0.2, 0.25) is 0 Å². The molecule has 1 aliphatic rings. The summed E-state index contributed by atoms with van der Waals surface area (Å²) in [7, 11) is 2.06. The normalized spacial score (nSPS) is 16.5. The van der Waals surface area contributed by atoms with E-state index >= 15 is 0 Å². The van der Waals surface area contributed by atoms with Crippen LogP contribution in [0.1, 0.15) is 43.4 Å². The van der Waals surface area contributed by atoms with Crippen molar-refractivity contribution in [1.82, 2.24) is 14.6 Å². The molecule has 1 aliphatic heterocycles. The molecule has 2 heterocycles.